The molecule has 1 rings (SSSR count). The van der Waals surface area contributed by atoms with Gasteiger partial charge in [0.05, 0.1) is 17.0 Å². The lowest BCUT2D eigenvalue weighted by atomic mass is 9.90. The average Bonchev–Trinajstić information content (AvgIpc) is 2.34. The fraction of sp³-hybridized carbons (Fsp3) is 0.467. The predicted molar refractivity (Wildman–Crippen MR) is 77.2 cm³/mol. The van der Waals surface area contributed by atoms with Crippen molar-refractivity contribution in [3.63, 3.8) is 0 Å². The second-order valence-electron chi connectivity index (χ2n) is 5.76. The first-order chi connectivity index (χ1) is 8.81. The molecule has 0 aliphatic heterocycles. The second kappa shape index (κ2) is 6.58. The van der Waals surface area contributed by atoms with Gasteiger partial charge < -0.3 is 5.32 Å². The molecule has 0 bridgehead atoms. The number of nitrogens with zero attached hydrogens (tertiary/aromatic N) is 1. The Balaban J connectivity index is 2.49. The Bertz CT molecular complexity index is 468. The fourth-order valence-corrected chi connectivity index (χ4v) is 2.28. The van der Waals surface area contributed by atoms with Gasteiger partial charge in [0.25, 0.3) is 5.91 Å². The molecule has 0 heterocycles. The Labute approximate surface area is 119 Å². The van der Waals surface area contributed by atoms with Crippen LogP contribution in [0.3, 0.4) is 0 Å². The molecule has 3 nitrogen and oxygen atoms in total. The molecule has 0 fully saturated rings. The molecule has 4 heteroatoms. The number of carbonyl (C=O) groups excluding carboxylic acids is 1. The third kappa shape index (κ3) is 5.76. The Morgan fingerprint density at radius 2 is 1.95 bits per heavy atom. The van der Waals surface area contributed by atoms with Gasteiger partial charge in [-0.15, -0.1) is 11.6 Å². The van der Waals surface area contributed by atoms with E-state index in [0.717, 1.165) is 6.42 Å². The van der Waals surface area contributed by atoms with Crippen molar-refractivity contribution in [3.8, 4) is 6.07 Å². The van der Waals surface area contributed by atoms with E-state index in [1.54, 1.807) is 24.3 Å². The van der Waals surface area contributed by atoms with E-state index in [9.17, 15) is 4.79 Å². The molecule has 0 aliphatic rings. The zero-order chi connectivity index (χ0) is 14.5. The highest BCUT2D eigenvalue weighted by molar-refractivity contribution is 6.21. The number of nitriles is 1. The van der Waals surface area contributed by atoms with Crippen LogP contribution in [0.15, 0.2) is 24.3 Å². The monoisotopic (exact) mass is 278 g/mol. The smallest absolute Gasteiger partial charge is 0.251 e. The zero-order valence-electron chi connectivity index (χ0n) is 11.5. The van der Waals surface area contributed by atoms with Crippen molar-refractivity contribution in [3.05, 3.63) is 35.4 Å². The van der Waals surface area contributed by atoms with E-state index in [2.05, 4.69) is 26.1 Å². The molecule has 1 atom stereocenters. The maximum atomic E-state index is 11.9. The number of halogens is 1. The molecular formula is C15H19ClN2O. The van der Waals surface area contributed by atoms with Crippen molar-refractivity contribution in [1.82, 2.24) is 5.32 Å². The lowest BCUT2D eigenvalue weighted by Crippen LogP contribution is -2.31. The van der Waals surface area contributed by atoms with Crippen LogP contribution in [-0.2, 0) is 0 Å². The van der Waals surface area contributed by atoms with Crippen LogP contribution in [-0.4, -0.2) is 17.8 Å². The summed E-state index contributed by atoms with van der Waals surface area (Å²) in [4.78, 5) is 11.9. The number of carbonyl (C=O) groups is 1. The quantitative estimate of drug-likeness (QED) is 0.859. The highest BCUT2D eigenvalue weighted by Gasteiger charge is 2.17. The maximum absolute atomic E-state index is 11.9. The van der Waals surface area contributed by atoms with Crippen molar-refractivity contribution in [2.24, 2.45) is 5.41 Å². The van der Waals surface area contributed by atoms with Crippen LogP contribution in [0.4, 0.5) is 0 Å². The minimum absolute atomic E-state index is 0.0812. The van der Waals surface area contributed by atoms with Gasteiger partial charge in [0.2, 0.25) is 0 Å². The van der Waals surface area contributed by atoms with E-state index < -0.39 is 0 Å². The third-order valence-corrected chi connectivity index (χ3v) is 2.90. The minimum Gasteiger partial charge on any atom is -0.351 e. The SMILES string of the molecule is CC(C)(C)CC(Cl)CNC(=O)c1ccc(C#N)cc1. The number of hydrogen-bond donors (Lipinski definition) is 1. The summed E-state index contributed by atoms with van der Waals surface area (Å²) >= 11 is 6.19. The lowest BCUT2D eigenvalue weighted by molar-refractivity contribution is 0.0952. The van der Waals surface area contributed by atoms with E-state index >= 15 is 0 Å². The van der Waals surface area contributed by atoms with Crippen LogP contribution in [0, 0.1) is 16.7 Å². The van der Waals surface area contributed by atoms with E-state index in [1.165, 1.54) is 0 Å². The normalized spacial score (nSPS) is 12.6. The van der Waals surface area contributed by atoms with Gasteiger partial charge in [0.15, 0.2) is 0 Å². The van der Waals surface area contributed by atoms with Gasteiger partial charge in [0, 0.05) is 12.1 Å². The van der Waals surface area contributed by atoms with Crippen LogP contribution < -0.4 is 5.32 Å². The lowest BCUT2D eigenvalue weighted by Gasteiger charge is -2.21. The molecule has 0 aromatic heterocycles. The summed E-state index contributed by atoms with van der Waals surface area (Å²) in [6.07, 6.45) is 0.836. The molecule has 1 unspecified atom stereocenters. The molecule has 0 spiro atoms. The average molecular weight is 279 g/mol. The fourth-order valence-electron chi connectivity index (χ4n) is 1.74. The van der Waals surface area contributed by atoms with Gasteiger partial charge in [-0.25, -0.2) is 0 Å². The van der Waals surface area contributed by atoms with E-state index in [-0.39, 0.29) is 16.7 Å². The zero-order valence-corrected chi connectivity index (χ0v) is 12.3. The summed E-state index contributed by atoms with van der Waals surface area (Å²) in [5.74, 6) is -0.163. The Morgan fingerprint density at radius 1 is 1.37 bits per heavy atom. The highest BCUT2D eigenvalue weighted by Crippen LogP contribution is 2.23. The number of rotatable bonds is 4. The van der Waals surface area contributed by atoms with Crippen molar-refractivity contribution in [2.75, 3.05) is 6.54 Å². The van der Waals surface area contributed by atoms with Gasteiger partial charge in [-0.05, 0) is 36.1 Å². The second-order valence-corrected chi connectivity index (χ2v) is 6.38. The summed E-state index contributed by atoms with van der Waals surface area (Å²) in [6, 6.07) is 8.55. The summed E-state index contributed by atoms with van der Waals surface area (Å²) in [5, 5.41) is 11.4. The molecule has 1 aromatic rings. The third-order valence-electron chi connectivity index (χ3n) is 2.59. The molecule has 1 amide bonds. The van der Waals surface area contributed by atoms with Crippen molar-refractivity contribution >= 4 is 17.5 Å². The van der Waals surface area contributed by atoms with Crippen LogP contribution in [0.1, 0.15) is 43.1 Å². The summed E-state index contributed by atoms with van der Waals surface area (Å²) in [5.41, 5.74) is 1.23. The number of amides is 1. The van der Waals surface area contributed by atoms with Gasteiger partial charge in [-0.3, -0.25) is 4.79 Å². The van der Waals surface area contributed by atoms with E-state index in [0.29, 0.717) is 17.7 Å². The summed E-state index contributed by atoms with van der Waals surface area (Å²) in [7, 11) is 0. The molecule has 0 saturated heterocycles. The molecule has 1 N–H and O–H groups in total. The maximum Gasteiger partial charge on any atom is 0.251 e. The molecule has 1 aromatic carbocycles. The first-order valence-electron chi connectivity index (χ1n) is 6.24. The molecule has 0 radical (unpaired) electrons. The minimum atomic E-state index is -0.163. The van der Waals surface area contributed by atoms with Crippen LogP contribution in [0.25, 0.3) is 0 Å². The van der Waals surface area contributed by atoms with Crippen LogP contribution >= 0.6 is 11.6 Å². The molecule has 102 valence electrons. The van der Waals surface area contributed by atoms with Gasteiger partial charge >= 0.3 is 0 Å². The Hall–Kier alpha value is -1.53. The van der Waals surface area contributed by atoms with Crippen molar-refractivity contribution < 1.29 is 4.79 Å². The number of benzene rings is 1. The first-order valence-corrected chi connectivity index (χ1v) is 6.68. The number of hydrogen-bond acceptors (Lipinski definition) is 2. The Morgan fingerprint density at radius 3 is 2.42 bits per heavy atom. The highest BCUT2D eigenvalue weighted by atomic mass is 35.5. The summed E-state index contributed by atoms with van der Waals surface area (Å²) in [6.45, 7) is 6.79. The molecule has 19 heavy (non-hydrogen) atoms. The standard InChI is InChI=1S/C15H19ClN2O/c1-15(2,3)8-13(16)10-18-14(19)12-6-4-11(9-17)5-7-12/h4-7,13H,8,10H2,1-3H3,(H,18,19). The van der Waals surface area contributed by atoms with Gasteiger partial charge in [0.1, 0.15) is 0 Å². The van der Waals surface area contributed by atoms with Gasteiger partial charge in [-0.2, -0.15) is 5.26 Å². The molecular weight excluding hydrogens is 260 g/mol. The van der Waals surface area contributed by atoms with E-state index in [1.807, 2.05) is 6.07 Å². The van der Waals surface area contributed by atoms with Crippen LogP contribution in [0.2, 0.25) is 0 Å². The van der Waals surface area contributed by atoms with Crippen LogP contribution in [0.5, 0.6) is 0 Å². The van der Waals surface area contributed by atoms with E-state index in [4.69, 9.17) is 16.9 Å². The molecule has 0 saturated carbocycles. The van der Waals surface area contributed by atoms with Crippen molar-refractivity contribution in [2.45, 2.75) is 32.6 Å². The predicted octanol–water partition coefficient (Wildman–Crippen LogP) is 3.33. The molecule has 0 aliphatic carbocycles. The van der Waals surface area contributed by atoms with Crippen molar-refractivity contribution in [1.29, 1.82) is 5.26 Å². The largest absolute Gasteiger partial charge is 0.351 e. The first kappa shape index (κ1) is 15.5. The number of nitrogens with one attached hydrogen (secondary N) is 1. The number of alkyl halides is 1. The topological polar surface area (TPSA) is 52.9 Å². The Kier molecular flexibility index (Phi) is 5.38. The summed E-state index contributed by atoms with van der Waals surface area (Å²) < 4.78 is 0. The van der Waals surface area contributed by atoms with Gasteiger partial charge in [-0.1, -0.05) is 20.8 Å².